The Labute approximate surface area is 102 Å². The van der Waals surface area contributed by atoms with Gasteiger partial charge < -0.3 is 10.8 Å². The number of ketones is 1. The van der Waals surface area contributed by atoms with Crippen LogP contribution in [0.5, 0.6) is 0 Å². The summed E-state index contributed by atoms with van der Waals surface area (Å²) in [6.07, 6.45) is 0.895. The number of halogens is 1. The molecular formula is C11H12BrN3O. The van der Waals surface area contributed by atoms with Gasteiger partial charge in [0.2, 0.25) is 0 Å². The standard InChI is InChI=1S/C11H12BrN3O/c1-11(2,10(16)7-14-13)15-9-5-3-8(12)4-6-9/h3-7,15H,1-2H3. The maximum atomic E-state index is 11.6. The topological polar surface area (TPSA) is 65.5 Å². The molecule has 0 aliphatic rings. The van der Waals surface area contributed by atoms with Crippen molar-refractivity contribution in [1.82, 2.24) is 0 Å². The average molecular weight is 282 g/mol. The Hall–Kier alpha value is -1.45. The molecule has 16 heavy (non-hydrogen) atoms. The van der Waals surface area contributed by atoms with Gasteiger partial charge in [0, 0.05) is 10.2 Å². The van der Waals surface area contributed by atoms with E-state index in [0.717, 1.165) is 16.4 Å². The summed E-state index contributed by atoms with van der Waals surface area (Å²) >= 11 is 3.33. The van der Waals surface area contributed by atoms with E-state index in [1.54, 1.807) is 13.8 Å². The van der Waals surface area contributed by atoms with Gasteiger partial charge in [-0.15, -0.1) is 0 Å². The van der Waals surface area contributed by atoms with Gasteiger partial charge in [-0.25, -0.2) is 0 Å². The first-order valence-electron chi connectivity index (χ1n) is 4.71. The minimum absolute atomic E-state index is 0.294. The second-order valence-electron chi connectivity index (χ2n) is 3.87. The predicted molar refractivity (Wildman–Crippen MR) is 66.5 cm³/mol. The molecular weight excluding hydrogens is 270 g/mol. The number of carbonyl (C=O) groups is 1. The normalized spacial score (nSPS) is 10.4. The number of nitrogens with zero attached hydrogens (tertiary/aromatic N) is 2. The van der Waals surface area contributed by atoms with E-state index >= 15 is 0 Å². The molecule has 0 heterocycles. The molecule has 0 bridgehead atoms. The maximum absolute atomic E-state index is 11.6. The summed E-state index contributed by atoms with van der Waals surface area (Å²) in [7, 11) is 0. The molecule has 1 rings (SSSR count). The second-order valence-corrected chi connectivity index (χ2v) is 4.78. The highest BCUT2D eigenvalue weighted by molar-refractivity contribution is 9.10. The fraction of sp³-hybridized carbons (Fsp3) is 0.273. The minimum Gasteiger partial charge on any atom is -0.373 e. The molecule has 84 valence electrons. The Balaban J connectivity index is 2.83. The van der Waals surface area contributed by atoms with E-state index in [1.807, 2.05) is 24.3 Å². The summed E-state index contributed by atoms with van der Waals surface area (Å²) in [5.41, 5.74) is 8.34. The summed E-state index contributed by atoms with van der Waals surface area (Å²) in [5.74, 6) is -0.294. The number of hydrogen-bond donors (Lipinski definition) is 1. The highest BCUT2D eigenvalue weighted by Crippen LogP contribution is 2.18. The predicted octanol–water partition coefficient (Wildman–Crippen LogP) is 2.51. The van der Waals surface area contributed by atoms with Crippen molar-refractivity contribution in [3.63, 3.8) is 0 Å². The number of nitrogens with one attached hydrogen (secondary N) is 1. The Morgan fingerprint density at radius 3 is 2.50 bits per heavy atom. The quantitative estimate of drug-likeness (QED) is 0.524. The van der Waals surface area contributed by atoms with Gasteiger partial charge in [-0.1, -0.05) is 15.9 Å². The number of rotatable bonds is 4. The number of Topliss-reactive ketones (excluding diaryl/α,β-unsaturated/α-hetero) is 1. The van der Waals surface area contributed by atoms with E-state index in [9.17, 15) is 4.79 Å². The Bertz CT molecular complexity index is 433. The van der Waals surface area contributed by atoms with E-state index in [2.05, 4.69) is 26.0 Å². The van der Waals surface area contributed by atoms with Crippen molar-refractivity contribution in [3.8, 4) is 0 Å². The largest absolute Gasteiger partial charge is 0.373 e. The summed E-state index contributed by atoms with van der Waals surface area (Å²) < 4.78 is 0.971. The van der Waals surface area contributed by atoms with Gasteiger partial charge in [0.15, 0.2) is 0 Å². The van der Waals surface area contributed by atoms with Crippen molar-refractivity contribution >= 4 is 33.6 Å². The molecule has 0 aromatic heterocycles. The molecule has 1 N–H and O–H groups in total. The number of anilines is 1. The summed E-state index contributed by atoms with van der Waals surface area (Å²) in [6, 6.07) is 7.47. The molecule has 0 saturated heterocycles. The zero-order valence-electron chi connectivity index (χ0n) is 9.07. The van der Waals surface area contributed by atoms with E-state index in [1.165, 1.54) is 0 Å². The van der Waals surface area contributed by atoms with E-state index in [0.29, 0.717) is 0 Å². The van der Waals surface area contributed by atoms with Gasteiger partial charge in [-0.2, -0.15) is 4.79 Å². The van der Waals surface area contributed by atoms with Crippen molar-refractivity contribution in [2.75, 3.05) is 5.32 Å². The fourth-order valence-corrected chi connectivity index (χ4v) is 1.43. The molecule has 0 aliphatic heterocycles. The van der Waals surface area contributed by atoms with E-state index in [4.69, 9.17) is 5.53 Å². The third-order valence-electron chi connectivity index (χ3n) is 2.09. The molecule has 1 aromatic carbocycles. The lowest BCUT2D eigenvalue weighted by molar-refractivity contribution is -0.119. The lowest BCUT2D eigenvalue weighted by Gasteiger charge is -2.22. The molecule has 0 radical (unpaired) electrons. The number of carbonyl (C=O) groups excluding carboxylic acids is 1. The van der Waals surface area contributed by atoms with Crippen LogP contribution < -0.4 is 5.32 Å². The lowest BCUT2D eigenvalue weighted by atomic mass is 9.99. The van der Waals surface area contributed by atoms with E-state index < -0.39 is 5.54 Å². The van der Waals surface area contributed by atoms with Gasteiger partial charge in [0.1, 0.15) is 5.54 Å². The molecule has 0 spiro atoms. The van der Waals surface area contributed by atoms with E-state index in [-0.39, 0.29) is 5.78 Å². The van der Waals surface area contributed by atoms with Gasteiger partial charge >= 0.3 is 6.21 Å². The van der Waals surface area contributed by atoms with Crippen LogP contribution in [-0.4, -0.2) is 22.3 Å². The van der Waals surface area contributed by atoms with Gasteiger partial charge in [-0.05, 0) is 38.1 Å². The van der Waals surface area contributed by atoms with Crippen LogP contribution in [0, 0.1) is 0 Å². The molecule has 5 heteroatoms. The van der Waals surface area contributed by atoms with Crippen molar-refractivity contribution in [2.45, 2.75) is 19.4 Å². The zero-order chi connectivity index (χ0) is 12.2. The first kappa shape index (κ1) is 12.6. The Morgan fingerprint density at radius 2 is 2.00 bits per heavy atom. The van der Waals surface area contributed by atoms with Crippen LogP contribution in [0.15, 0.2) is 28.7 Å². The van der Waals surface area contributed by atoms with Crippen molar-refractivity contribution in [1.29, 1.82) is 0 Å². The first-order chi connectivity index (χ1) is 7.45. The van der Waals surface area contributed by atoms with Crippen LogP contribution in [-0.2, 0) is 4.79 Å². The Morgan fingerprint density at radius 1 is 1.44 bits per heavy atom. The highest BCUT2D eigenvalue weighted by Gasteiger charge is 2.28. The molecule has 0 fully saturated rings. The molecule has 0 unspecified atom stereocenters. The van der Waals surface area contributed by atoms with Crippen LogP contribution in [0.25, 0.3) is 5.53 Å². The minimum atomic E-state index is -0.805. The highest BCUT2D eigenvalue weighted by atomic mass is 79.9. The molecule has 0 atom stereocenters. The fourth-order valence-electron chi connectivity index (χ4n) is 1.17. The van der Waals surface area contributed by atoms with Crippen molar-refractivity contribution in [3.05, 3.63) is 34.3 Å². The molecule has 1 aromatic rings. The number of hydrogen-bond acceptors (Lipinski definition) is 2. The van der Waals surface area contributed by atoms with Crippen LogP contribution >= 0.6 is 15.9 Å². The third-order valence-corrected chi connectivity index (χ3v) is 2.62. The Kier molecular flexibility index (Phi) is 3.99. The zero-order valence-corrected chi connectivity index (χ0v) is 10.7. The summed E-state index contributed by atoms with van der Waals surface area (Å²) in [4.78, 5) is 14.3. The lowest BCUT2D eigenvalue weighted by Crippen LogP contribution is -2.41. The van der Waals surface area contributed by atoms with Gasteiger partial charge in [0.25, 0.3) is 5.78 Å². The maximum Gasteiger partial charge on any atom is 0.325 e. The second kappa shape index (κ2) is 5.05. The molecule has 4 nitrogen and oxygen atoms in total. The molecule has 0 aliphatic carbocycles. The first-order valence-corrected chi connectivity index (χ1v) is 5.50. The number of benzene rings is 1. The van der Waals surface area contributed by atoms with Gasteiger partial charge in [0.05, 0.1) is 0 Å². The monoisotopic (exact) mass is 281 g/mol. The molecule has 0 amide bonds. The van der Waals surface area contributed by atoms with Gasteiger partial charge in [-0.3, -0.25) is 4.79 Å². The molecule has 0 saturated carbocycles. The van der Waals surface area contributed by atoms with Crippen LogP contribution in [0.2, 0.25) is 0 Å². The van der Waals surface area contributed by atoms with Crippen LogP contribution in [0.4, 0.5) is 5.69 Å². The third kappa shape index (κ3) is 3.29. The summed E-state index contributed by atoms with van der Waals surface area (Å²) in [6.45, 7) is 3.44. The van der Waals surface area contributed by atoms with Crippen molar-refractivity contribution in [2.24, 2.45) is 0 Å². The van der Waals surface area contributed by atoms with Crippen LogP contribution in [0.3, 0.4) is 0 Å². The average Bonchev–Trinajstić information content (AvgIpc) is 2.21. The smallest absolute Gasteiger partial charge is 0.325 e. The summed E-state index contributed by atoms with van der Waals surface area (Å²) in [5, 5.41) is 3.06. The SMILES string of the molecule is CC(C)(Nc1ccc(Br)cc1)C(=O)C=[N+]=[N-]. The van der Waals surface area contributed by atoms with Crippen molar-refractivity contribution < 1.29 is 9.58 Å². The van der Waals surface area contributed by atoms with Crippen LogP contribution in [0.1, 0.15) is 13.8 Å².